The van der Waals surface area contributed by atoms with Crippen LogP contribution in [0.2, 0.25) is 0 Å². The first-order chi connectivity index (χ1) is 12.7. The van der Waals surface area contributed by atoms with Crippen molar-refractivity contribution in [1.29, 1.82) is 0 Å². The Morgan fingerprint density at radius 1 is 1.04 bits per heavy atom. The largest absolute Gasteiger partial charge is 0.353 e. The third kappa shape index (κ3) is 3.36. The van der Waals surface area contributed by atoms with Crippen molar-refractivity contribution in [1.82, 2.24) is 10.2 Å². The third-order valence-electron chi connectivity index (χ3n) is 5.31. The van der Waals surface area contributed by atoms with E-state index in [9.17, 15) is 9.59 Å². The summed E-state index contributed by atoms with van der Waals surface area (Å²) in [6.45, 7) is 0.643. The highest BCUT2D eigenvalue weighted by molar-refractivity contribution is 7.99. The van der Waals surface area contributed by atoms with Gasteiger partial charge in [0.25, 0.3) is 5.91 Å². The fourth-order valence-electron chi connectivity index (χ4n) is 3.49. The smallest absolute Gasteiger partial charge is 0.255 e. The Kier molecular flexibility index (Phi) is 4.72. The molecule has 1 N–H and O–H groups in total. The number of nitrogens with one attached hydrogen (secondary N) is 1. The molecule has 0 unspecified atom stereocenters. The molecule has 1 aliphatic heterocycles. The molecule has 1 atom stereocenters. The van der Waals surface area contributed by atoms with Gasteiger partial charge in [-0.05, 0) is 30.5 Å². The standard InChI is InChI=1S/C21H22N2O2S/c24-19(22-14-21(11-12-21)17-9-5-2-6-10-17)18-13-26-15-23(18)20(25)16-7-3-1-4-8-16/h1-10,18H,11-15H2,(H,22,24)/t18-/m0/s1. The van der Waals surface area contributed by atoms with Crippen LogP contribution < -0.4 is 5.32 Å². The molecule has 0 radical (unpaired) electrons. The number of amides is 2. The van der Waals surface area contributed by atoms with Crippen molar-refractivity contribution in [2.75, 3.05) is 18.2 Å². The third-order valence-corrected chi connectivity index (χ3v) is 6.32. The fourth-order valence-corrected chi connectivity index (χ4v) is 4.64. The highest BCUT2D eigenvalue weighted by atomic mass is 32.2. The zero-order chi connectivity index (χ0) is 18.0. The van der Waals surface area contributed by atoms with E-state index < -0.39 is 0 Å². The number of benzene rings is 2. The Bertz CT molecular complexity index is 790. The van der Waals surface area contributed by atoms with Gasteiger partial charge in [0, 0.05) is 23.3 Å². The van der Waals surface area contributed by atoms with Crippen LogP contribution in [0.25, 0.3) is 0 Å². The molecule has 1 aliphatic carbocycles. The molecule has 4 nitrogen and oxygen atoms in total. The lowest BCUT2D eigenvalue weighted by Crippen LogP contribution is -2.48. The molecule has 4 rings (SSSR count). The Morgan fingerprint density at radius 2 is 1.69 bits per heavy atom. The molecule has 1 saturated carbocycles. The quantitative estimate of drug-likeness (QED) is 0.885. The summed E-state index contributed by atoms with van der Waals surface area (Å²) in [5.41, 5.74) is 2.01. The molecule has 2 aromatic carbocycles. The van der Waals surface area contributed by atoms with Gasteiger partial charge < -0.3 is 10.2 Å². The summed E-state index contributed by atoms with van der Waals surface area (Å²) in [6.07, 6.45) is 2.20. The van der Waals surface area contributed by atoms with Crippen LogP contribution in [0.3, 0.4) is 0 Å². The summed E-state index contributed by atoms with van der Waals surface area (Å²) in [4.78, 5) is 27.2. The van der Waals surface area contributed by atoms with Crippen molar-refractivity contribution in [3.63, 3.8) is 0 Å². The lowest BCUT2D eigenvalue weighted by Gasteiger charge is -2.24. The molecule has 2 amide bonds. The molecular formula is C21H22N2O2S. The summed E-state index contributed by atoms with van der Waals surface area (Å²) in [5.74, 6) is 1.11. The van der Waals surface area contributed by atoms with Crippen LogP contribution in [-0.4, -0.2) is 40.9 Å². The minimum atomic E-state index is -0.390. The van der Waals surface area contributed by atoms with Crippen LogP contribution in [0.5, 0.6) is 0 Å². The van der Waals surface area contributed by atoms with Gasteiger partial charge in [-0.3, -0.25) is 9.59 Å². The lowest BCUT2D eigenvalue weighted by atomic mass is 9.96. The van der Waals surface area contributed by atoms with E-state index in [1.807, 2.05) is 36.4 Å². The molecule has 1 heterocycles. The zero-order valence-corrected chi connectivity index (χ0v) is 15.4. The van der Waals surface area contributed by atoms with E-state index in [0.717, 1.165) is 12.8 Å². The Labute approximate surface area is 158 Å². The summed E-state index contributed by atoms with van der Waals surface area (Å²) >= 11 is 1.63. The van der Waals surface area contributed by atoms with Gasteiger partial charge in [0.05, 0.1) is 5.88 Å². The maximum Gasteiger partial charge on any atom is 0.255 e. The molecular weight excluding hydrogens is 344 g/mol. The topological polar surface area (TPSA) is 49.4 Å². The van der Waals surface area contributed by atoms with Crippen molar-refractivity contribution in [3.8, 4) is 0 Å². The van der Waals surface area contributed by atoms with Gasteiger partial charge in [-0.1, -0.05) is 48.5 Å². The molecule has 0 spiro atoms. The Morgan fingerprint density at radius 3 is 2.35 bits per heavy atom. The summed E-state index contributed by atoms with van der Waals surface area (Å²) in [5, 5.41) is 3.12. The summed E-state index contributed by atoms with van der Waals surface area (Å²) in [6, 6.07) is 19.2. The van der Waals surface area contributed by atoms with E-state index in [1.54, 1.807) is 28.8 Å². The fraction of sp³-hybridized carbons (Fsp3) is 0.333. The Balaban J connectivity index is 1.41. The van der Waals surface area contributed by atoms with E-state index in [2.05, 4.69) is 17.4 Å². The van der Waals surface area contributed by atoms with E-state index >= 15 is 0 Å². The number of hydrogen-bond donors (Lipinski definition) is 1. The highest BCUT2D eigenvalue weighted by Crippen LogP contribution is 2.47. The second kappa shape index (κ2) is 7.16. The molecule has 2 aliphatic rings. The van der Waals surface area contributed by atoms with Crippen LogP contribution in [0, 0.1) is 0 Å². The van der Waals surface area contributed by atoms with Crippen molar-refractivity contribution < 1.29 is 9.59 Å². The van der Waals surface area contributed by atoms with Gasteiger partial charge in [-0.2, -0.15) is 0 Å². The molecule has 1 saturated heterocycles. The predicted molar refractivity (Wildman–Crippen MR) is 104 cm³/mol. The van der Waals surface area contributed by atoms with Crippen molar-refractivity contribution in [2.24, 2.45) is 0 Å². The van der Waals surface area contributed by atoms with Gasteiger partial charge in [0.15, 0.2) is 0 Å². The minimum absolute atomic E-state index is 0.0403. The van der Waals surface area contributed by atoms with Gasteiger partial charge >= 0.3 is 0 Å². The monoisotopic (exact) mass is 366 g/mol. The summed E-state index contributed by atoms with van der Waals surface area (Å²) in [7, 11) is 0. The van der Waals surface area contributed by atoms with Gasteiger partial charge in [-0.15, -0.1) is 11.8 Å². The van der Waals surface area contributed by atoms with E-state index in [4.69, 9.17) is 0 Å². The molecule has 0 bridgehead atoms. The maximum absolute atomic E-state index is 12.8. The maximum atomic E-state index is 12.8. The van der Waals surface area contributed by atoms with E-state index in [1.165, 1.54) is 5.56 Å². The molecule has 2 aromatic rings. The molecule has 0 aromatic heterocycles. The van der Waals surface area contributed by atoms with Crippen LogP contribution in [-0.2, 0) is 10.2 Å². The van der Waals surface area contributed by atoms with Crippen molar-refractivity contribution in [2.45, 2.75) is 24.3 Å². The molecule has 5 heteroatoms. The number of carbonyl (C=O) groups excluding carboxylic acids is 2. The highest BCUT2D eigenvalue weighted by Gasteiger charge is 2.45. The van der Waals surface area contributed by atoms with Gasteiger partial charge in [0.2, 0.25) is 5.91 Å². The van der Waals surface area contributed by atoms with Crippen LogP contribution >= 0.6 is 11.8 Å². The second-order valence-corrected chi connectivity index (χ2v) is 8.02. The molecule has 26 heavy (non-hydrogen) atoms. The lowest BCUT2D eigenvalue weighted by molar-refractivity contribution is -0.124. The number of nitrogens with zero attached hydrogens (tertiary/aromatic N) is 1. The van der Waals surface area contributed by atoms with Crippen molar-refractivity contribution >= 4 is 23.6 Å². The predicted octanol–water partition coefficient (Wildman–Crippen LogP) is 3.05. The average molecular weight is 366 g/mol. The van der Waals surface area contributed by atoms with Crippen molar-refractivity contribution in [3.05, 3.63) is 71.8 Å². The van der Waals surface area contributed by atoms with Crippen LogP contribution in [0.15, 0.2) is 60.7 Å². The average Bonchev–Trinajstić information content (AvgIpc) is 3.34. The molecule has 134 valence electrons. The normalized spacial score (nSPS) is 20.6. The molecule has 2 fully saturated rings. The van der Waals surface area contributed by atoms with E-state index in [-0.39, 0.29) is 23.3 Å². The first-order valence-corrected chi connectivity index (χ1v) is 10.1. The van der Waals surface area contributed by atoms with Gasteiger partial charge in [-0.25, -0.2) is 0 Å². The second-order valence-electron chi connectivity index (χ2n) is 7.02. The SMILES string of the molecule is O=C(NCC1(c2ccccc2)CC1)[C@@H]1CSCN1C(=O)c1ccccc1. The minimum Gasteiger partial charge on any atom is -0.353 e. The van der Waals surface area contributed by atoms with E-state index in [0.29, 0.717) is 23.7 Å². The number of hydrogen-bond acceptors (Lipinski definition) is 3. The number of carbonyl (C=O) groups is 2. The summed E-state index contributed by atoms with van der Waals surface area (Å²) < 4.78 is 0. The first-order valence-electron chi connectivity index (χ1n) is 8.97. The van der Waals surface area contributed by atoms with Crippen LogP contribution in [0.1, 0.15) is 28.8 Å². The van der Waals surface area contributed by atoms with Gasteiger partial charge in [0.1, 0.15) is 6.04 Å². The Hall–Kier alpha value is -2.27. The first kappa shape index (κ1) is 17.2. The van der Waals surface area contributed by atoms with Crippen LogP contribution in [0.4, 0.5) is 0 Å². The zero-order valence-electron chi connectivity index (χ0n) is 14.6. The number of rotatable bonds is 5. The number of thioether (sulfide) groups is 1.